The highest BCUT2D eigenvalue weighted by atomic mass is 16.5. The Morgan fingerprint density at radius 3 is 2.61 bits per heavy atom. The lowest BCUT2D eigenvalue weighted by Gasteiger charge is -2.09. The van der Waals surface area contributed by atoms with Gasteiger partial charge in [0.15, 0.2) is 0 Å². The van der Waals surface area contributed by atoms with Crippen LogP contribution in [0.4, 0.5) is 0 Å². The predicted octanol–water partition coefficient (Wildman–Crippen LogP) is 4.01. The van der Waals surface area contributed by atoms with E-state index in [0.29, 0.717) is 19.6 Å². The molecule has 0 unspecified atom stereocenters. The molecule has 0 radical (unpaired) electrons. The monoisotopic (exact) mass is 372 g/mol. The Morgan fingerprint density at radius 2 is 1.79 bits per heavy atom. The van der Waals surface area contributed by atoms with E-state index in [4.69, 9.17) is 4.74 Å². The Hall–Kier alpha value is -3.14. The van der Waals surface area contributed by atoms with E-state index >= 15 is 0 Å². The Kier molecular flexibility index (Phi) is 5.66. The van der Waals surface area contributed by atoms with Gasteiger partial charge < -0.3 is 10.1 Å². The number of nitrogens with one attached hydrogen (secondary N) is 1. The molecule has 2 aromatic carbocycles. The van der Waals surface area contributed by atoms with Gasteiger partial charge in [0.25, 0.3) is 0 Å². The van der Waals surface area contributed by atoms with Crippen molar-refractivity contribution in [1.29, 1.82) is 0 Å². The quantitative estimate of drug-likeness (QED) is 0.682. The molecule has 1 heterocycles. The SMILES string of the molecule is O=C(Cc1ccc2c(c1)CCC2)NCc1ccc(OCc2cccnc2)cc1. The Morgan fingerprint density at radius 1 is 0.964 bits per heavy atom. The molecule has 4 heteroatoms. The van der Waals surface area contributed by atoms with Crippen LogP contribution in [-0.4, -0.2) is 10.9 Å². The normalized spacial score (nSPS) is 12.4. The number of benzene rings is 2. The van der Waals surface area contributed by atoms with Crippen LogP contribution in [0.25, 0.3) is 0 Å². The highest BCUT2D eigenvalue weighted by molar-refractivity contribution is 5.78. The predicted molar refractivity (Wildman–Crippen MR) is 109 cm³/mol. The fourth-order valence-electron chi connectivity index (χ4n) is 3.54. The molecule has 1 aromatic heterocycles. The summed E-state index contributed by atoms with van der Waals surface area (Å²) in [5.74, 6) is 0.854. The fraction of sp³-hybridized carbons (Fsp3) is 0.250. The first-order valence-electron chi connectivity index (χ1n) is 9.74. The minimum Gasteiger partial charge on any atom is -0.489 e. The summed E-state index contributed by atoms with van der Waals surface area (Å²) in [7, 11) is 0. The summed E-state index contributed by atoms with van der Waals surface area (Å²) in [4.78, 5) is 16.3. The van der Waals surface area contributed by atoms with E-state index < -0.39 is 0 Å². The molecule has 0 saturated carbocycles. The van der Waals surface area contributed by atoms with E-state index in [-0.39, 0.29) is 5.91 Å². The topological polar surface area (TPSA) is 51.2 Å². The number of pyridine rings is 1. The molecule has 4 rings (SSSR count). The zero-order valence-corrected chi connectivity index (χ0v) is 15.9. The van der Waals surface area contributed by atoms with Crippen LogP contribution in [0.2, 0.25) is 0 Å². The van der Waals surface area contributed by atoms with Crippen molar-refractivity contribution < 1.29 is 9.53 Å². The van der Waals surface area contributed by atoms with Crippen molar-refractivity contribution in [3.8, 4) is 5.75 Å². The van der Waals surface area contributed by atoms with Crippen LogP contribution < -0.4 is 10.1 Å². The lowest BCUT2D eigenvalue weighted by molar-refractivity contribution is -0.120. The highest BCUT2D eigenvalue weighted by Gasteiger charge is 2.12. The van der Waals surface area contributed by atoms with Crippen LogP contribution in [0.5, 0.6) is 5.75 Å². The van der Waals surface area contributed by atoms with Crippen LogP contribution in [0, 0.1) is 0 Å². The van der Waals surface area contributed by atoms with E-state index in [1.54, 1.807) is 12.4 Å². The molecule has 1 aliphatic rings. The third kappa shape index (κ3) is 4.77. The van der Waals surface area contributed by atoms with Crippen molar-refractivity contribution in [3.63, 3.8) is 0 Å². The van der Waals surface area contributed by atoms with Gasteiger partial charge in [-0.05, 0) is 59.7 Å². The van der Waals surface area contributed by atoms with Gasteiger partial charge >= 0.3 is 0 Å². The number of ether oxygens (including phenoxy) is 1. The van der Waals surface area contributed by atoms with Crippen LogP contribution in [0.1, 0.15) is 34.2 Å². The molecule has 0 fully saturated rings. The van der Waals surface area contributed by atoms with Crippen molar-refractivity contribution in [2.45, 2.75) is 38.8 Å². The second-order valence-electron chi connectivity index (χ2n) is 7.20. The van der Waals surface area contributed by atoms with E-state index in [1.807, 2.05) is 36.4 Å². The summed E-state index contributed by atoms with van der Waals surface area (Å²) < 4.78 is 5.76. The average Bonchev–Trinajstić information content (AvgIpc) is 3.20. The number of hydrogen-bond donors (Lipinski definition) is 1. The van der Waals surface area contributed by atoms with E-state index in [9.17, 15) is 4.79 Å². The van der Waals surface area contributed by atoms with Crippen molar-refractivity contribution in [3.05, 3.63) is 94.8 Å². The number of nitrogens with zero attached hydrogens (tertiary/aromatic N) is 1. The largest absolute Gasteiger partial charge is 0.489 e. The van der Waals surface area contributed by atoms with E-state index in [1.165, 1.54) is 24.0 Å². The van der Waals surface area contributed by atoms with Gasteiger partial charge in [0.05, 0.1) is 6.42 Å². The maximum absolute atomic E-state index is 12.3. The number of carbonyl (C=O) groups is 1. The lowest BCUT2D eigenvalue weighted by Crippen LogP contribution is -2.24. The van der Waals surface area contributed by atoms with Gasteiger partial charge in [-0.3, -0.25) is 9.78 Å². The average molecular weight is 372 g/mol. The minimum atomic E-state index is 0.0508. The summed E-state index contributed by atoms with van der Waals surface area (Å²) in [6, 6.07) is 18.1. The van der Waals surface area contributed by atoms with Gasteiger partial charge in [-0.2, -0.15) is 0 Å². The van der Waals surface area contributed by atoms with Crippen molar-refractivity contribution in [2.75, 3.05) is 0 Å². The van der Waals surface area contributed by atoms with Crippen LogP contribution in [0.15, 0.2) is 67.0 Å². The third-order valence-electron chi connectivity index (χ3n) is 5.07. The fourth-order valence-corrected chi connectivity index (χ4v) is 3.54. The molecule has 1 N–H and O–H groups in total. The minimum absolute atomic E-state index is 0.0508. The zero-order chi connectivity index (χ0) is 19.2. The molecular formula is C24H24N2O2. The van der Waals surface area contributed by atoms with Gasteiger partial charge in [-0.15, -0.1) is 0 Å². The number of aryl methyl sites for hydroxylation is 2. The van der Waals surface area contributed by atoms with Crippen LogP contribution >= 0.6 is 0 Å². The highest BCUT2D eigenvalue weighted by Crippen LogP contribution is 2.23. The molecule has 3 aromatic rings. The molecule has 28 heavy (non-hydrogen) atoms. The Labute approximate surface area is 165 Å². The smallest absolute Gasteiger partial charge is 0.224 e. The number of amides is 1. The van der Waals surface area contributed by atoms with E-state index in [0.717, 1.165) is 28.9 Å². The number of hydrogen-bond acceptors (Lipinski definition) is 3. The molecule has 4 nitrogen and oxygen atoms in total. The summed E-state index contributed by atoms with van der Waals surface area (Å²) in [6.07, 6.45) is 7.51. The molecule has 0 atom stereocenters. The molecular weight excluding hydrogens is 348 g/mol. The molecule has 1 amide bonds. The first-order chi connectivity index (χ1) is 13.8. The number of rotatable bonds is 7. The van der Waals surface area contributed by atoms with Crippen molar-refractivity contribution in [1.82, 2.24) is 10.3 Å². The summed E-state index contributed by atoms with van der Waals surface area (Å²) in [5, 5.41) is 3.00. The van der Waals surface area contributed by atoms with Gasteiger partial charge in [0, 0.05) is 24.5 Å². The molecule has 0 saturated heterocycles. The first-order valence-corrected chi connectivity index (χ1v) is 9.74. The Balaban J connectivity index is 1.24. The van der Waals surface area contributed by atoms with Gasteiger partial charge in [-0.1, -0.05) is 36.4 Å². The maximum atomic E-state index is 12.3. The lowest BCUT2D eigenvalue weighted by atomic mass is 10.0. The van der Waals surface area contributed by atoms with E-state index in [2.05, 4.69) is 28.5 Å². The summed E-state index contributed by atoms with van der Waals surface area (Å²) >= 11 is 0. The number of fused-ring (bicyclic) bond motifs is 1. The van der Waals surface area contributed by atoms with Gasteiger partial charge in [-0.25, -0.2) is 0 Å². The van der Waals surface area contributed by atoms with Gasteiger partial charge in [0.1, 0.15) is 12.4 Å². The molecule has 1 aliphatic carbocycles. The number of aromatic nitrogens is 1. The van der Waals surface area contributed by atoms with Crippen molar-refractivity contribution in [2.24, 2.45) is 0 Å². The van der Waals surface area contributed by atoms with Crippen molar-refractivity contribution >= 4 is 5.91 Å². The first kappa shape index (κ1) is 18.2. The molecule has 0 aliphatic heterocycles. The maximum Gasteiger partial charge on any atom is 0.224 e. The molecule has 142 valence electrons. The van der Waals surface area contributed by atoms with Crippen LogP contribution in [-0.2, 0) is 37.2 Å². The second kappa shape index (κ2) is 8.70. The second-order valence-corrected chi connectivity index (χ2v) is 7.20. The Bertz CT molecular complexity index is 937. The number of carbonyl (C=O) groups excluding carboxylic acids is 1. The molecule has 0 bridgehead atoms. The summed E-state index contributed by atoms with van der Waals surface area (Å²) in [5.41, 5.74) is 6.03. The van der Waals surface area contributed by atoms with Crippen LogP contribution in [0.3, 0.4) is 0 Å². The summed E-state index contributed by atoms with van der Waals surface area (Å²) in [6.45, 7) is 1.01. The van der Waals surface area contributed by atoms with Gasteiger partial charge in [0.2, 0.25) is 5.91 Å². The molecule has 0 spiro atoms. The third-order valence-corrected chi connectivity index (χ3v) is 5.07. The standard InChI is InChI=1S/C24H24N2O2/c27-24(14-19-6-9-21-4-1-5-22(21)13-19)26-16-18-7-10-23(11-8-18)28-17-20-3-2-12-25-15-20/h2-3,6-13,15H,1,4-5,14,16-17H2,(H,26,27). The zero-order valence-electron chi connectivity index (χ0n) is 15.9.